The van der Waals surface area contributed by atoms with E-state index in [1.54, 1.807) is 0 Å². The molecule has 20 heavy (non-hydrogen) atoms. The number of likely N-dealkylation sites (tertiary alicyclic amines) is 1. The molecule has 1 fully saturated rings. The Morgan fingerprint density at radius 3 is 2.55 bits per heavy atom. The van der Waals surface area contributed by atoms with Crippen molar-refractivity contribution in [3.05, 3.63) is 11.7 Å². The van der Waals surface area contributed by atoms with Crippen LogP contribution in [0, 0.1) is 0 Å². The van der Waals surface area contributed by atoms with Crippen molar-refractivity contribution in [1.82, 2.24) is 15.0 Å². The average molecular weight is 292 g/mol. The molecule has 5 nitrogen and oxygen atoms in total. The first kappa shape index (κ1) is 15.2. The molecule has 0 aliphatic carbocycles. The summed E-state index contributed by atoms with van der Waals surface area (Å²) in [5.41, 5.74) is 5.27. The van der Waals surface area contributed by atoms with Crippen molar-refractivity contribution >= 4 is 0 Å². The zero-order valence-electron chi connectivity index (χ0n) is 11.6. The topological polar surface area (TPSA) is 68.2 Å². The molecule has 1 saturated heterocycles. The SMILES string of the molecule is CC(C)N1CCCC(N)(c2noc(C(F)(F)F)n2)CC1. The third-order valence-corrected chi connectivity index (χ3v) is 3.76. The zero-order chi connectivity index (χ0) is 15.0. The third kappa shape index (κ3) is 3.12. The van der Waals surface area contributed by atoms with Gasteiger partial charge in [0, 0.05) is 12.6 Å². The van der Waals surface area contributed by atoms with Crippen LogP contribution in [-0.2, 0) is 11.7 Å². The monoisotopic (exact) mass is 292 g/mol. The summed E-state index contributed by atoms with van der Waals surface area (Å²) in [5, 5.41) is 3.44. The molecule has 0 spiro atoms. The summed E-state index contributed by atoms with van der Waals surface area (Å²) in [6.07, 6.45) is -2.77. The van der Waals surface area contributed by atoms with Gasteiger partial charge in [0.2, 0.25) is 0 Å². The van der Waals surface area contributed by atoms with Gasteiger partial charge in [-0.3, -0.25) is 0 Å². The molecule has 1 aromatic rings. The van der Waals surface area contributed by atoms with Gasteiger partial charge < -0.3 is 15.2 Å². The summed E-state index contributed by atoms with van der Waals surface area (Å²) in [6.45, 7) is 5.75. The lowest BCUT2D eigenvalue weighted by molar-refractivity contribution is -0.159. The first-order valence-corrected chi connectivity index (χ1v) is 6.67. The second-order valence-electron chi connectivity index (χ2n) is 5.56. The predicted molar refractivity (Wildman–Crippen MR) is 65.7 cm³/mol. The van der Waals surface area contributed by atoms with Gasteiger partial charge in [-0.2, -0.15) is 18.2 Å². The van der Waals surface area contributed by atoms with Crippen molar-refractivity contribution in [2.45, 2.75) is 50.9 Å². The van der Waals surface area contributed by atoms with Crippen LogP contribution in [-0.4, -0.2) is 34.2 Å². The molecule has 1 atom stereocenters. The van der Waals surface area contributed by atoms with E-state index >= 15 is 0 Å². The van der Waals surface area contributed by atoms with Gasteiger partial charge in [0.1, 0.15) is 0 Å². The van der Waals surface area contributed by atoms with E-state index in [0.29, 0.717) is 25.4 Å². The highest BCUT2D eigenvalue weighted by Crippen LogP contribution is 2.32. The quantitative estimate of drug-likeness (QED) is 0.904. The molecule has 2 N–H and O–H groups in total. The van der Waals surface area contributed by atoms with E-state index < -0.39 is 17.6 Å². The molecule has 1 aliphatic rings. The Bertz CT molecular complexity index is 460. The maximum atomic E-state index is 12.5. The molecule has 1 unspecified atom stereocenters. The van der Waals surface area contributed by atoms with Crippen LogP contribution in [0.15, 0.2) is 4.52 Å². The first-order valence-electron chi connectivity index (χ1n) is 6.67. The maximum absolute atomic E-state index is 12.5. The van der Waals surface area contributed by atoms with Crippen LogP contribution in [0.1, 0.15) is 44.8 Å². The summed E-state index contributed by atoms with van der Waals surface area (Å²) >= 11 is 0. The molecule has 1 aliphatic heterocycles. The van der Waals surface area contributed by atoms with E-state index in [9.17, 15) is 13.2 Å². The Morgan fingerprint density at radius 2 is 2.00 bits per heavy atom. The standard InChI is InChI=1S/C12H19F3N4O/c1-8(2)19-6-3-4-11(16,5-7-19)9-17-10(20-18-9)12(13,14)15/h8H,3-7,16H2,1-2H3. The number of alkyl halides is 3. The van der Waals surface area contributed by atoms with E-state index in [1.165, 1.54) is 0 Å². The van der Waals surface area contributed by atoms with Crippen molar-refractivity contribution in [3.63, 3.8) is 0 Å². The van der Waals surface area contributed by atoms with E-state index in [0.717, 1.165) is 13.0 Å². The fourth-order valence-electron chi connectivity index (χ4n) is 2.46. The van der Waals surface area contributed by atoms with E-state index in [4.69, 9.17) is 5.73 Å². The number of rotatable bonds is 2. The van der Waals surface area contributed by atoms with E-state index in [-0.39, 0.29) is 5.82 Å². The number of halogens is 3. The lowest BCUT2D eigenvalue weighted by atomic mass is 9.91. The molecular weight excluding hydrogens is 273 g/mol. The Labute approximate surface area is 115 Å². The highest BCUT2D eigenvalue weighted by molar-refractivity contribution is 5.06. The summed E-state index contributed by atoms with van der Waals surface area (Å²) in [6, 6.07) is 0.383. The van der Waals surface area contributed by atoms with Crippen molar-refractivity contribution in [2.24, 2.45) is 5.73 Å². The van der Waals surface area contributed by atoms with E-state index in [1.807, 2.05) is 0 Å². The molecule has 0 saturated carbocycles. The van der Waals surface area contributed by atoms with Gasteiger partial charge in [-0.25, -0.2) is 0 Å². The van der Waals surface area contributed by atoms with Gasteiger partial charge in [-0.05, 0) is 39.7 Å². The van der Waals surface area contributed by atoms with Gasteiger partial charge in [-0.1, -0.05) is 5.16 Å². The van der Waals surface area contributed by atoms with Crippen LogP contribution < -0.4 is 5.73 Å². The fraction of sp³-hybridized carbons (Fsp3) is 0.833. The summed E-state index contributed by atoms with van der Waals surface area (Å²) < 4.78 is 41.8. The Morgan fingerprint density at radius 1 is 1.30 bits per heavy atom. The molecule has 0 aromatic carbocycles. The molecule has 1 aromatic heterocycles. The van der Waals surface area contributed by atoms with Gasteiger partial charge in [0.05, 0.1) is 5.54 Å². The second-order valence-corrected chi connectivity index (χ2v) is 5.56. The average Bonchev–Trinajstić information content (AvgIpc) is 2.75. The second kappa shape index (κ2) is 5.33. The Kier molecular flexibility index (Phi) is 4.06. The summed E-state index contributed by atoms with van der Waals surface area (Å²) in [5.74, 6) is -1.38. The van der Waals surface area contributed by atoms with Crippen molar-refractivity contribution in [3.8, 4) is 0 Å². The Hall–Kier alpha value is -1.15. The largest absolute Gasteiger partial charge is 0.471 e. The van der Waals surface area contributed by atoms with Crippen LogP contribution in [0.5, 0.6) is 0 Å². The molecule has 114 valence electrons. The lowest BCUT2D eigenvalue weighted by Gasteiger charge is -2.26. The van der Waals surface area contributed by atoms with Gasteiger partial charge in [0.25, 0.3) is 0 Å². The first-order chi connectivity index (χ1) is 9.22. The van der Waals surface area contributed by atoms with Crippen LogP contribution in [0.4, 0.5) is 13.2 Å². The molecule has 8 heteroatoms. The maximum Gasteiger partial charge on any atom is 0.471 e. The number of hydrogen-bond acceptors (Lipinski definition) is 5. The van der Waals surface area contributed by atoms with Crippen molar-refractivity contribution in [2.75, 3.05) is 13.1 Å². The molecule has 0 bridgehead atoms. The number of hydrogen-bond donors (Lipinski definition) is 1. The minimum Gasteiger partial charge on any atom is -0.329 e. The molecule has 0 radical (unpaired) electrons. The highest BCUT2D eigenvalue weighted by atomic mass is 19.4. The third-order valence-electron chi connectivity index (χ3n) is 3.76. The molecule has 2 heterocycles. The summed E-state index contributed by atoms with van der Waals surface area (Å²) in [7, 11) is 0. The fourth-order valence-corrected chi connectivity index (χ4v) is 2.46. The van der Waals surface area contributed by atoms with E-state index in [2.05, 4.69) is 33.4 Å². The minimum atomic E-state index is -4.63. The van der Waals surface area contributed by atoms with Gasteiger partial charge in [0.15, 0.2) is 5.82 Å². The van der Waals surface area contributed by atoms with Crippen molar-refractivity contribution < 1.29 is 17.7 Å². The number of nitrogens with two attached hydrogens (primary N) is 1. The molecule has 0 amide bonds. The van der Waals surface area contributed by atoms with Crippen LogP contribution in [0.3, 0.4) is 0 Å². The zero-order valence-corrected chi connectivity index (χ0v) is 11.6. The Balaban J connectivity index is 2.16. The predicted octanol–water partition coefficient (Wildman–Crippen LogP) is 2.14. The van der Waals surface area contributed by atoms with Gasteiger partial charge in [-0.15, -0.1) is 0 Å². The normalized spacial score (nSPS) is 25.9. The van der Waals surface area contributed by atoms with Crippen LogP contribution in [0.2, 0.25) is 0 Å². The van der Waals surface area contributed by atoms with Crippen LogP contribution >= 0.6 is 0 Å². The number of aromatic nitrogens is 2. The highest BCUT2D eigenvalue weighted by Gasteiger charge is 2.42. The smallest absolute Gasteiger partial charge is 0.329 e. The lowest BCUT2D eigenvalue weighted by Crippen LogP contribution is -2.40. The van der Waals surface area contributed by atoms with Gasteiger partial charge >= 0.3 is 12.1 Å². The number of nitrogens with zero attached hydrogens (tertiary/aromatic N) is 3. The minimum absolute atomic E-state index is 0.0459. The molecular formula is C12H19F3N4O. The van der Waals surface area contributed by atoms with Crippen molar-refractivity contribution in [1.29, 1.82) is 0 Å². The van der Waals surface area contributed by atoms with Crippen LogP contribution in [0.25, 0.3) is 0 Å². The molecule has 2 rings (SSSR count). The summed E-state index contributed by atoms with van der Waals surface area (Å²) in [4.78, 5) is 5.69.